The van der Waals surface area contributed by atoms with E-state index in [9.17, 15) is 13.2 Å². The second kappa shape index (κ2) is 7.24. The highest BCUT2D eigenvalue weighted by Gasteiger charge is 2.30. The highest BCUT2D eigenvalue weighted by Crippen LogP contribution is 2.22. The first-order chi connectivity index (χ1) is 10.4. The number of amides is 1. The molecule has 1 aliphatic rings. The molecule has 0 spiro atoms. The molecule has 1 heterocycles. The minimum absolute atomic E-state index is 0.0269. The van der Waals surface area contributed by atoms with E-state index in [4.69, 9.17) is 0 Å². The van der Waals surface area contributed by atoms with E-state index in [1.165, 1.54) is 4.31 Å². The quantitative estimate of drug-likeness (QED) is 0.896. The van der Waals surface area contributed by atoms with Crippen LogP contribution >= 0.6 is 0 Å². The number of nitrogens with one attached hydrogen (secondary N) is 1. The van der Waals surface area contributed by atoms with Crippen LogP contribution in [0.25, 0.3) is 0 Å². The number of hydrogen-bond acceptors (Lipinski definition) is 3. The molecule has 0 saturated carbocycles. The summed E-state index contributed by atoms with van der Waals surface area (Å²) < 4.78 is 26.5. The lowest BCUT2D eigenvalue weighted by Crippen LogP contribution is -2.43. The molecule has 0 unspecified atom stereocenters. The fourth-order valence-electron chi connectivity index (χ4n) is 2.70. The van der Waals surface area contributed by atoms with Gasteiger partial charge in [-0.15, -0.1) is 0 Å². The number of carbonyl (C=O) groups excluding carboxylic acids is 1. The Morgan fingerprint density at radius 2 is 1.82 bits per heavy atom. The normalized spacial score (nSPS) is 17.4. The number of aryl methyl sites for hydroxylation is 1. The molecule has 6 heteroatoms. The number of sulfonamides is 1. The average Bonchev–Trinajstić information content (AvgIpc) is 2.50. The van der Waals surface area contributed by atoms with E-state index in [1.54, 1.807) is 0 Å². The number of benzene rings is 1. The molecule has 1 fully saturated rings. The molecule has 5 nitrogen and oxygen atoms in total. The van der Waals surface area contributed by atoms with Gasteiger partial charge in [0, 0.05) is 25.6 Å². The van der Waals surface area contributed by atoms with E-state index in [2.05, 4.69) is 5.32 Å². The van der Waals surface area contributed by atoms with Gasteiger partial charge in [-0.25, -0.2) is 12.7 Å². The zero-order valence-corrected chi connectivity index (χ0v) is 14.0. The van der Waals surface area contributed by atoms with Gasteiger partial charge >= 0.3 is 0 Å². The third-order valence-electron chi connectivity index (χ3n) is 4.04. The number of rotatable bonds is 5. The van der Waals surface area contributed by atoms with E-state index in [-0.39, 0.29) is 17.6 Å². The maximum absolute atomic E-state index is 12.5. The Kier molecular flexibility index (Phi) is 5.58. The Hall–Kier alpha value is -1.40. The van der Waals surface area contributed by atoms with Crippen LogP contribution in [0.1, 0.15) is 30.9 Å². The summed E-state index contributed by atoms with van der Waals surface area (Å²) in [5.74, 6) is 0.00268. The van der Waals surface area contributed by atoms with Crippen molar-refractivity contribution in [3.63, 3.8) is 0 Å². The minimum Gasteiger partial charge on any atom is -0.356 e. The van der Waals surface area contributed by atoms with Crippen LogP contribution in [0.4, 0.5) is 0 Å². The number of hydrogen-bond donors (Lipinski definition) is 1. The van der Waals surface area contributed by atoms with Crippen molar-refractivity contribution in [3.8, 4) is 0 Å². The predicted octanol–water partition coefficient (Wildman–Crippen LogP) is 1.67. The molecular weight excluding hydrogens is 300 g/mol. The SMILES string of the molecule is CCNC(=O)C1CCN(S(=O)(=O)Cc2ccc(C)cc2)CC1. The van der Waals surface area contributed by atoms with Crippen molar-refractivity contribution >= 4 is 15.9 Å². The van der Waals surface area contributed by atoms with Crippen LogP contribution in [0.5, 0.6) is 0 Å². The molecule has 1 aliphatic heterocycles. The van der Waals surface area contributed by atoms with Gasteiger partial charge in [-0.3, -0.25) is 4.79 Å². The van der Waals surface area contributed by atoms with E-state index >= 15 is 0 Å². The molecule has 0 bridgehead atoms. The highest BCUT2D eigenvalue weighted by molar-refractivity contribution is 7.88. The van der Waals surface area contributed by atoms with Crippen molar-refractivity contribution in [3.05, 3.63) is 35.4 Å². The first-order valence-corrected chi connectivity index (χ1v) is 9.34. The summed E-state index contributed by atoms with van der Waals surface area (Å²) in [7, 11) is -3.31. The Balaban J connectivity index is 1.94. The summed E-state index contributed by atoms with van der Waals surface area (Å²) in [6.45, 7) is 5.33. The third-order valence-corrected chi connectivity index (χ3v) is 5.89. The monoisotopic (exact) mass is 324 g/mol. The lowest BCUT2D eigenvalue weighted by Gasteiger charge is -2.30. The molecule has 1 saturated heterocycles. The summed E-state index contributed by atoms with van der Waals surface area (Å²) in [5, 5.41) is 2.81. The Bertz CT molecular complexity index is 603. The molecule has 0 atom stereocenters. The Labute approximate surface area is 132 Å². The summed E-state index contributed by atoms with van der Waals surface area (Å²) >= 11 is 0. The van der Waals surface area contributed by atoms with Gasteiger partial charge in [0.2, 0.25) is 15.9 Å². The zero-order valence-electron chi connectivity index (χ0n) is 13.2. The predicted molar refractivity (Wildman–Crippen MR) is 86.8 cm³/mol. The van der Waals surface area contributed by atoms with Crippen molar-refractivity contribution in [1.82, 2.24) is 9.62 Å². The van der Waals surface area contributed by atoms with E-state index in [1.807, 2.05) is 38.1 Å². The largest absolute Gasteiger partial charge is 0.356 e. The van der Waals surface area contributed by atoms with E-state index in [0.717, 1.165) is 11.1 Å². The second-order valence-corrected chi connectivity index (χ2v) is 7.78. The summed E-state index contributed by atoms with van der Waals surface area (Å²) in [6, 6.07) is 7.56. The van der Waals surface area contributed by atoms with Crippen LogP contribution in [-0.4, -0.2) is 38.3 Å². The lowest BCUT2D eigenvalue weighted by atomic mass is 9.97. The number of carbonyl (C=O) groups is 1. The standard InChI is InChI=1S/C16H24N2O3S/c1-3-17-16(19)15-8-10-18(11-9-15)22(20,21)12-14-6-4-13(2)5-7-14/h4-7,15H,3,8-12H2,1-2H3,(H,17,19). The average molecular weight is 324 g/mol. The van der Waals surface area contributed by atoms with Crippen molar-refractivity contribution < 1.29 is 13.2 Å². The molecular formula is C16H24N2O3S. The molecule has 122 valence electrons. The van der Waals surface area contributed by atoms with Gasteiger partial charge in [-0.1, -0.05) is 29.8 Å². The van der Waals surface area contributed by atoms with E-state index in [0.29, 0.717) is 32.5 Å². The molecule has 0 aromatic heterocycles. The van der Waals surface area contributed by atoms with Gasteiger partial charge in [0.1, 0.15) is 0 Å². The molecule has 1 aromatic rings. The van der Waals surface area contributed by atoms with Crippen LogP contribution in [-0.2, 0) is 20.6 Å². The van der Waals surface area contributed by atoms with Crippen molar-refractivity contribution in [2.24, 2.45) is 5.92 Å². The first kappa shape index (κ1) is 17.0. The molecule has 0 aliphatic carbocycles. The van der Waals surface area contributed by atoms with Gasteiger partial charge in [-0.05, 0) is 32.3 Å². The Morgan fingerprint density at radius 1 is 1.23 bits per heavy atom. The van der Waals surface area contributed by atoms with Gasteiger partial charge in [0.05, 0.1) is 5.75 Å². The first-order valence-electron chi connectivity index (χ1n) is 7.73. The van der Waals surface area contributed by atoms with Crippen LogP contribution in [0.3, 0.4) is 0 Å². The van der Waals surface area contributed by atoms with Gasteiger partial charge in [0.15, 0.2) is 0 Å². The molecule has 0 radical (unpaired) electrons. The minimum atomic E-state index is -3.31. The van der Waals surface area contributed by atoms with Crippen molar-refractivity contribution in [2.75, 3.05) is 19.6 Å². The number of piperidine rings is 1. The smallest absolute Gasteiger partial charge is 0.223 e. The van der Waals surface area contributed by atoms with E-state index < -0.39 is 10.0 Å². The Morgan fingerprint density at radius 3 is 2.36 bits per heavy atom. The molecule has 2 rings (SSSR count). The van der Waals surface area contributed by atoms with Crippen LogP contribution in [0.15, 0.2) is 24.3 Å². The lowest BCUT2D eigenvalue weighted by molar-refractivity contribution is -0.126. The summed E-state index contributed by atoms with van der Waals surface area (Å²) in [6.07, 6.45) is 1.19. The second-order valence-electron chi connectivity index (χ2n) is 5.81. The fraction of sp³-hybridized carbons (Fsp3) is 0.562. The molecule has 1 aromatic carbocycles. The molecule has 1 amide bonds. The zero-order chi connectivity index (χ0) is 16.2. The van der Waals surface area contributed by atoms with Gasteiger partial charge in [0.25, 0.3) is 0 Å². The van der Waals surface area contributed by atoms with Crippen LogP contribution in [0.2, 0.25) is 0 Å². The summed E-state index contributed by atoms with van der Waals surface area (Å²) in [4.78, 5) is 11.8. The van der Waals surface area contributed by atoms with Crippen LogP contribution < -0.4 is 5.32 Å². The van der Waals surface area contributed by atoms with Crippen LogP contribution in [0, 0.1) is 12.8 Å². The maximum Gasteiger partial charge on any atom is 0.223 e. The van der Waals surface area contributed by atoms with Gasteiger partial charge in [-0.2, -0.15) is 0 Å². The van der Waals surface area contributed by atoms with Gasteiger partial charge < -0.3 is 5.32 Å². The molecule has 22 heavy (non-hydrogen) atoms. The number of nitrogens with zero attached hydrogens (tertiary/aromatic N) is 1. The fourth-order valence-corrected chi connectivity index (χ4v) is 4.26. The molecule has 1 N–H and O–H groups in total. The topological polar surface area (TPSA) is 66.5 Å². The van der Waals surface area contributed by atoms with Crippen molar-refractivity contribution in [1.29, 1.82) is 0 Å². The highest BCUT2D eigenvalue weighted by atomic mass is 32.2. The third kappa shape index (κ3) is 4.30. The maximum atomic E-state index is 12.5. The van der Waals surface area contributed by atoms with Crippen molar-refractivity contribution in [2.45, 2.75) is 32.4 Å². The summed E-state index contributed by atoms with van der Waals surface area (Å²) in [5.41, 5.74) is 1.92.